The van der Waals surface area contributed by atoms with Crippen molar-refractivity contribution in [3.63, 3.8) is 0 Å². The fourth-order valence-electron chi connectivity index (χ4n) is 2.52. The van der Waals surface area contributed by atoms with Gasteiger partial charge in [0.1, 0.15) is 36.5 Å². The van der Waals surface area contributed by atoms with Crippen LogP contribution in [-0.2, 0) is 13.1 Å². The molecular formula is C19H16BClFN5O2. The summed E-state index contributed by atoms with van der Waals surface area (Å²) in [6.07, 6.45) is 2.69. The first-order valence-electron chi connectivity index (χ1n) is 8.66. The first-order valence-corrected chi connectivity index (χ1v) is 9.04. The minimum absolute atomic E-state index is 0.0518. The maximum Gasteiger partial charge on any atom is 0.270 e. The molecule has 0 radical (unpaired) electrons. The molecule has 0 unspecified atom stereocenters. The molecule has 1 aromatic carbocycles. The summed E-state index contributed by atoms with van der Waals surface area (Å²) in [6, 6.07) is 9.26. The van der Waals surface area contributed by atoms with Crippen LogP contribution in [0.5, 0.6) is 0 Å². The van der Waals surface area contributed by atoms with Crippen molar-refractivity contribution in [2.75, 3.05) is 0 Å². The number of carbonyl (C=O) groups excluding carboxylic acids is 2. The first kappa shape index (κ1) is 20.4. The van der Waals surface area contributed by atoms with Crippen molar-refractivity contribution in [3.8, 4) is 0 Å². The number of pyridine rings is 1. The number of halogens is 2. The Morgan fingerprint density at radius 3 is 2.14 bits per heavy atom. The quantitative estimate of drug-likeness (QED) is 0.462. The zero-order valence-corrected chi connectivity index (χ0v) is 16.2. The van der Waals surface area contributed by atoms with E-state index >= 15 is 0 Å². The lowest BCUT2D eigenvalue weighted by molar-refractivity contribution is 0.0944. The molecule has 3 rings (SSSR count). The summed E-state index contributed by atoms with van der Waals surface area (Å²) in [5.74, 6) is -1.23. The van der Waals surface area contributed by atoms with Gasteiger partial charge in [0, 0.05) is 25.4 Å². The Labute approximate surface area is 172 Å². The molecule has 0 aliphatic heterocycles. The van der Waals surface area contributed by atoms with Crippen LogP contribution in [0.4, 0.5) is 4.39 Å². The van der Waals surface area contributed by atoms with Crippen LogP contribution in [0.3, 0.4) is 0 Å². The SMILES string of the molecule is Bc1cc(CNC(=O)c2cc(C(=O)NCc3ccnc(Cl)c3)ncn2)ccc1F. The van der Waals surface area contributed by atoms with E-state index in [0.29, 0.717) is 10.6 Å². The normalized spacial score (nSPS) is 10.4. The number of hydrogen-bond acceptors (Lipinski definition) is 5. The maximum absolute atomic E-state index is 13.3. The molecule has 0 aliphatic carbocycles. The van der Waals surface area contributed by atoms with E-state index in [1.54, 1.807) is 38.3 Å². The fourth-order valence-corrected chi connectivity index (χ4v) is 2.72. The van der Waals surface area contributed by atoms with E-state index in [-0.39, 0.29) is 30.3 Å². The van der Waals surface area contributed by atoms with Crippen molar-refractivity contribution in [2.45, 2.75) is 13.1 Å². The maximum atomic E-state index is 13.3. The number of rotatable bonds is 6. The topological polar surface area (TPSA) is 96.9 Å². The Morgan fingerprint density at radius 2 is 1.55 bits per heavy atom. The Bertz CT molecular complexity index is 1070. The number of amides is 2. The lowest BCUT2D eigenvalue weighted by Crippen LogP contribution is -2.27. The van der Waals surface area contributed by atoms with Gasteiger partial charge in [0.2, 0.25) is 0 Å². The molecule has 7 nitrogen and oxygen atoms in total. The fraction of sp³-hybridized carbons (Fsp3) is 0.105. The molecule has 2 aromatic heterocycles. The zero-order valence-electron chi connectivity index (χ0n) is 15.4. The lowest BCUT2D eigenvalue weighted by atomic mass is 9.93. The van der Waals surface area contributed by atoms with E-state index in [0.717, 1.165) is 17.5 Å². The molecule has 0 saturated heterocycles. The predicted molar refractivity (Wildman–Crippen MR) is 108 cm³/mol. The van der Waals surface area contributed by atoms with E-state index in [2.05, 4.69) is 25.6 Å². The molecule has 146 valence electrons. The predicted octanol–water partition coefficient (Wildman–Crippen LogP) is 0.782. The van der Waals surface area contributed by atoms with Crippen molar-refractivity contribution in [2.24, 2.45) is 0 Å². The number of aromatic nitrogens is 3. The van der Waals surface area contributed by atoms with Gasteiger partial charge in [-0.3, -0.25) is 9.59 Å². The van der Waals surface area contributed by atoms with Gasteiger partial charge in [-0.25, -0.2) is 19.3 Å². The van der Waals surface area contributed by atoms with Crippen LogP contribution in [0.2, 0.25) is 5.15 Å². The second-order valence-electron chi connectivity index (χ2n) is 6.22. The molecule has 0 spiro atoms. The minimum Gasteiger partial charge on any atom is -0.347 e. The third-order valence-corrected chi connectivity index (χ3v) is 4.26. The summed E-state index contributed by atoms with van der Waals surface area (Å²) in [7, 11) is 1.65. The first-order chi connectivity index (χ1) is 13.9. The van der Waals surface area contributed by atoms with Crippen molar-refractivity contribution >= 4 is 36.7 Å². The van der Waals surface area contributed by atoms with E-state index in [1.165, 1.54) is 12.1 Å². The van der Waals surface area contributed by atoms with Crippen LogP contribution in [0.25, 0.3) is 0 Å². The lowest BCUT2D eigenvalue weighted by Gasteiger charge is -2.08. The molecule has 0 saturated carbocycles. The number of nitrogens with one attached hydrogen (secondary N) is 2. The molecular weight excluding hydrogens is 396 g/mol. The highest BCUT2D eigenvalue weighted by Gasteiger charge is 2.13. The summed E-state index contributed by atoms with van der Waals surface area (Å²) in [5, 5.41) is 5.71. The van der Waals surface area contributed by atoms with Crippen LogP contribution >= 0.6 is 11.6 Å². The van der Waals surface area contributed by atoms with Gasteiger partial charge in [0.25, 0.3) is 11.8 Å². The Balaban J connectivity index is 1.61. The van der Waals surface area contributed by atoms with Gasteiger partial charge >= 0.3 is 0 Å². The largest absolute Gasteiger partial charge is 0.347 e. The standard InChI is InChI=1S/C19H16BClFN5O2/c20-13-5-11(1-2-14(13)22)8-24-18(28)15-7-16(27-10-26-15)19(29)25-9-12-3-4-23-17(21)6-12/h1-7,10H,8-9,20H2,(H,24,28)(H,25,29). The van der Waals surface area contributed by atoms with Crippen molar-refractivity contribution < 1.29 is 14.0 Å². The average Bonchev–Trinajstić information content (AvgIpc) is 2.72. The van der Waals surface area contributed by atoms with Crippen molar-refractivity contribution in [3.05, 3.63) is 82.4 Å². The molecule has 2 N–H and O–H groups in total. The zero-order chi connectivity index (χ0) is 20.8. The Hall–Kier alpha value is -3.33. The van der Waals surface area contributed by atoms with Crippen LogP contribution in [0.1, 0.15) is 32.1 Å². The van der Waals surface area contributed by atoms with E-state index < -0.39 is 11.8 Å². The number of nitrogens with zero attached hydrogens (tertiary/aromatic N) is 3. The van der Waals surface area contributed by atoms with Gasteiger partial charge in [-0.1, -0.05) is 29.2 Å². The molecule has 3 aromatic rings. The van der Waals surface area contributed by atoms with Crippen LogP contribution < -0.4 is 16.1 Å². The molecule has 0 aliphatic rings. The summed E-state index contributed by atoms with van der Waals surface area (Å²) < 4.78 is 13.3. The molecule has 29 heavy (non-hydrogen) atoms. The number of carbonyl (C=O) groups is 2. The second kappa shape index (κ2) is 9.25. The van der Waals surface area contributed by atoms with Gasteiger partial charge < -0.3 is 10.6 Å². The van der Waals surface area contributed by atoms with E-state index in [1.807, 2.05) is 0 Å². The monoisotopic (exact) mass is 411 g/mol. The molecule has 10 heteroatoms. The molecule has 0 fully saturated rings. The molecule has 0 atom stereocenters. The van der Waals surface area contributed by atoms with Crippen LogP contribution in [0.15, 0.2) is 48.9 Å². The average molecular weight is 412 g/mol. The number of hydrogen-bond donors (Lipinski definition) is 2. The van der Waals surface area contributed by atoms with Gasteiger partial charge in [0.15, 0.2) is 0 Å². The highest BCUT2D eigenvalue weighted by molar-refractivity contribution is 6.32. The van der Waals surface area contributed by atoms with Crippen molar-refractivity contribution in [1.29, 1.82) is 0 Å². The van der Waals surface area contributed by atoms with Gasteiger partial charge in [-0.15, -0.1) is 0 Å². The van der Waals surface area contributed by atoms with E-state index in [9.17, 15) is 14.0 Å². The highest BCUT2D eigenvalue weighted by Crippen LogP contribution is 2.07. The molecule has 2 amide bonds. The van der Waals surface area contributed by atoms with Gasteiger partial charge in [0.05, 0.1) is 0 Å². The third-order valence-electron chi connectivity index (χ3n) is 4.05. The third kappa shape index (κ3) is 5.58. The highest BCUT2D eigenvalue weighted by atomic mass is 35.5. The minimum atomic E-state index is -0.468. The smallest absolute Gasteiger partial charge is 0.270 e. The summed E-state index contributed by atoms with van der Waals surface area (Å²) in [6.45, 7) is 0.435. The summed E-state index contributed by atoms with van der Waals surface area (Å²) in [5.41, 5.74) is 2.13. The van der Waals surface area contributed by atoms with E-state index in [4.69, 9.17) is 11.6 Å². The number of benzene rings is 1. The molecule has 2 heterocycles. The summed E-state index contributed by atoms with van der Waals surface area (Å²) >= 11 is 5.82. The van der Waals surface area contributed by atoms with Gasteiger partial charge in [-0.2, -0.15) is 0 Å². The molecule has 0 bridgehead atoms. The van der Waals surface area contributed by atoms with Gasteiger partial charge in [-0.05, 0) is 29.3 Å². The second-order valence-corrected chi connectivity index (χ2v) is 6.61. The van der Waals surface area contributed by atoms with Crippen LogP contribution in [0, 0.1) is 5.82 Å². The summed E-state index contributed by atoms with van der Waals surface area (Å²) in [4.78, 5) is 36.3. The van der Waals surface area contributed by atoms with Crippen LogP contribution in [-0.4, -0.2) is 34.6 Å². The van der Waals surface area contributed by atoms with Crippen molar-refractivity contribution in [1.82, 2.24) is 25.6 Å². The Morgan fingerprint density at radius 1 is 0.931 bits per heavy atom. The Kier molecular flexibility index (Phi) is 6.51.